The van der Waals surface area contributed by atoms with Gasteiger partial charge in [0.2, 0.25) is 0 Å². The van der Waals surface area contributed by atoms with Crippen molar-refractivity contribution < 1.29 is 8.42 Å². The molecule has 0 saturated carbocycles. The molecule has 0 saturated heterocycles. The van der Waals surface area contributed by atoms with E-state index < -0.39 is 10.0 Å². The molecule has 132 valence electrons. The molecule has 0 spiro atoms. The summed E-state index contributed by atoms with van der Waals surface area (Å²) in [6.45, 7) is 2.02. The van der Waals surface area contributed by atoms with Gasteiger partial charge in [0.15, 0.2) is 0 Å². The lowest BCUT2D eigenvalue weighted by atomic mass is 10.2. The molecule has 5 nitrogen and oxygen atoms in total. The van der Waals surface area contributed by atoms with Gasteiger partial charge < -0.3 is 0 Å². The Hall–Kier alpha value is -2.99. The Morgan fingerprint density at radius 3 is 2.38 bits per heavy atom. The van der Waals surface area contributed by atoms with E-state index in [-0.39, 0.29) is 11.4 Å². The Kier molecular flexibility index (Phi) is 5.43. The molecule has 1 heterocycles. The first-order valence-electron chi connectivity index (χ1n) is 8.13. The summed E-state index contributed by atoms with van der Waals surface area (Å²) in [5, 5.41) is 4.25. The summed E-state index contributed by atoms with van der Waals surface area (Å²) in [6, 6.07) is 19.7. The second-order valence-corrected chi connectivity index (χ2v) is 7.66. The van der Waals surface area contributed by atoms with Crippen molar-refractivity contribution in [1.29, 1.82) is 0 Å². The maximum Gasteiger partial charge on any atom is 0.279 e. The molecule has 0 fully saturated rings. The number of sulfonamides is 1. The van der Waals surface area contributed by atoms with Gasteiger partial charge in [0.05, 0.1) is 17.7 Å². The molecular formula is C20H19N3O2S. The van der Waals surface area contributed by atoms with Crippen LogP contribution in [0.2, 0.25) is 0 Å². The number of aryl methyl sites for hydroxylation is 1. The fourth-order valence-corrected chi connectivity index (χ4v) is 3.55. The summed E-state index contributed by atoms with van der Waals surface area (Å²) in [5.41, 5.74) is 2.58. The molecule has 0 aliphatic rings. The maximum atomic E-state index is 13.1. The van der Waals surface area contributed by atoms with E-state index in [2.05, 4.69) is 10.1 Å². The molecule has 0 aliphatic carbocycles. The maximum absolute atomic E-state index is 13.1. The Bertz CT molecular complexity index is 971. The zero-order chi connectivity index (χ0) is 18.4. The first-order valence-corrected chi connectivity index (χ1v) is 9.57. The molecule has 0 radical (unpaired) electrons. The topological polar surface area (TPSA) is 62.6 Å². The largest absolute Gasteiger partial charge is 0.279 e. The standard InChI is InChI=1S/C20H19N3O2S/c1-17-9-11-20(12-10-17)26(24,25)23(16-19-8-5-13-21-14-19)22-15-18-6-3-2-4-7-18/h2-15H,16H2,1H3/b22-15+. The molecule has 1 aromatic heterocycles. The second-order valence-electron chi connectivity index (χ2n) is 5.81. The van der Waals surface area contributed by atoms with Crippen molar-refractivity contribution in [1.82, 2.24) is 9.40 Å². The van der Waals surface area contributed by atoms with Gasteiger partial charge in [0.1, 0.15) is 0 Å². The summed E-state index contributed by atoms with van der Waals surface area (Å²) in [4.78, 5) is 4.25. The lowest BCUT2D eigenvalue weighted by Gasteiger charge is -2.19. The fraction of sp³-hybridized carbons (Fsp3) is 0.100. The number of aromatic nitrogens is 1. The number of pyridine rings is 1. The number of hydrogen-bond donors (Lipinski definition) is 0. The summed E-state index contributed by atoms with van der Waals surface area (Å²) >= 11 is 0. The van der Waals surface area contributed by atoms with Crippen molar-refractivity contribution in [2.75, 3.05) is 0 Å². The minimum absolute atomic E-state index is 0.105. The van der Waals surface area contributed by atoms with E-state index in [1.54, 1.807) is 48.9 Å². The second kappa shape index (κ2) is 7.93. The predicted molar refractivity (Wildman–Crippen MR) is 102 cm³/mol. The van der Waals surface area contributed by atoms with Crippen LogP contribution in [0.15, 0.2) is 89.1 Å². The van der Waals surface area contributed by atoms with Crippen molar-refractivity contribution in [3.8, 4) is 0 Å². The van der Waals surface area contributed by atoms with E-state index >= 15 is 0 Å². The molecule has 0 aliphatic heterocycles. The molecule has 0 N–H and O–H groups in total. The van der Waals surface area contributed by atoms with E-state index in [0.717, 1.165) is 21.1 Å². The molecule has 0 bridgehead atoms. The van der Waals surface area contributed by atoms with Crippen molar-refractivity contribution in [2.24, 2.45) is 5.10 Å². The van der Waals surface area contributed by atoms with Crippen LogP contribution >= 0.6 is 0 Å². The molecule has 26 heavy (non-hydrogen) atoms. The molecule has 0 unspecified atom stereocenters. The smallest absolute Gasteiger partial charge is 0.264 e. The minimum atomic E-state index is -3.78. The average molecular weight is 365 g/mol. The van der Waals surface area contributed by atoms with Crippen LogP contribution in [0.5, 0.6) is 0 Å². The summed E-state index contributed by atoms with van der Waals surface area (Å²) in [6.07, 6.45) is 4.83. The van der Waals surface area contributed by atoms with Crippen LogP contribution in [0.25, 0.3) is 0 Å². The van der Waals surface area contributed by atoms with Gasteiger partial charge >= 0.3 is 0 Å². The molecule has 3 rings (SSSR count). The average Bonchev–Trinajstić information content (AvgIpc) is 2.67. The van der Waals surface area contributed by atoms with Gasteiger partial charge in [0, 0.05) is 12.4 Å². The first kappa shape index (κ1) is 17.8. The van der Waals surface area contributed by atoms with Crippen molar-refractivity contribution >= 4 is 16.2 Å². The number of hydrogen-bond acceptors (Lipinski definition) is 4. The monoisotopic (exact) mass is 365 g/mol. The highest BCUT2D eigenvalue weighted by atomic mass is 32.2. The van der Waals surface area contributed by atoms with E-state index in [0.29, 0.717) is 0 Å². The Morgan fingerprint density at radius 1 is 1.00 bits per heavy atom. The van der Waals surface area contributed by atoms with E-state index in [4.69, 9.17) is 0 Å². The van der Waals surface area contributed by atoms with Gasteiger partial charge in [-0.1, -0.05) is 54.1 Å². The molecule has 6 heteroatoms. The SMILES string of the molecule is Cc1ccc(S(=O)(=O)N(Cc2cccnc2)/N=C/c2ccccc2)cc1. The molecule has 0 amide bonds. The van der Waals surface area contributed by atoms with Gasteiger partial charge in [-0.15, -0.1) is 0 Å². The fourth-order valence-electron chi connectivity index (χ4n) is 2.34. The van der Waals surface area contributed by atoms with Gasteiger partial charge in [-0.2, -0.15) is 17.9 Å². The Balaban J connectivity index is 1.96. The van der Waals surface area contributed by atoms with Crippen molar-refractivity contribution in [3.63, 3.8) is 0 Å². The van der Waals surface area contributed by atoms with Crippen LogP contribution in [-0.2, 0) is 16.6 Å². The first-order chi connectivity index (χ1) is 12.6. The highest BCUT2D eigenvalue weighted by Crippen LogP contribution is 2.19. The van der Waals surface area contributed by atoms with Gasteiger partial charge in [-0.25, -0.2) is 0 Å². The lowest BCUT2D eigenvalue weighted by molar-refractivity contribution is 0.427. The zero-order valence-corrected chi connectivity index (χ0v) is 15.2. The number of benzene rings is 2. The van der Waals surface area contributed by atoms with Crippen LogP contribution in [0.4, 0.5) is 0 Å². The van der Waals surface area contributed by atoms with Crippen LogP contribution in [0.3, 0.4) is 0 Å². The number of nitrogens with zero attached hydrogens (tertiary/aromatic N) is 3. The van der Waals surface area contributed by atoms with E-state index in [9.17, 15) is 8.42 Å². The quantitative estimate of drug-likeness (QED) is 0.495. The predicted octanol–water partition coefficient (Wildman–Crippen LogP) is 3.62. The molecule has 0 atom stereocenters. The third-order valence-corrected chi connectivity index (χ3v) is 5.42. The Morgan fingerprint density at radius 2 is 1.73 bits per heavy atom. The molecular weight excluding hydrogens is 346 g/mol. The minimum Gasteiger partial charge on any atom is -0.264 e. The van der Waals surface area contributed by atoms with Gasteiger partial charge in [-0.3, -0.25) is 4.98 Å². The van der Waals surface area contributed by atoms with Crippen LogP contribution in [0, 0.1) is 6.92 Å². The van der Waals surface area contributed by atoms with Crippen LogP contribution < -0.4 is 0 Å². The molecule has 3 aromatic rings. The highest BCUT2D eigenvalue weighted by Gasteiger charge is 2.23. The van der Waals surface area contributed by atoms with E-state index in [1.807, 2.05) is 43.3 Å². The summed E-state index contributed by atoms with van der Waals surface area (Å²) in [5.74, 6) is 0. The van der Waals surface area contributed by atoms with Gasteiger partial charge in [-0.05, 0) is 36.2 Å². The normalized spacial score (nSPS) is 11.6. The number of hydrazone groups is 1. The third-order valence-electron chi connectivity index (χ3n) is 3.77. The summed E-state index contributed by atoms with van der Waals surface area (Å²) in [7, 11) is -3.78. The number of rotatable bonds is 6. The van der Waals surface area contributed by atoms with Crippen molar-refractivity contribution in [3.05, 3.63) is 95.8 Å². The molecule has 2 aromatic carbocycles. The van der Waals surface area contributed by atoms with Crippen LogP contribution in [0.1, 0.15) is 16.7 Å². The third kappa shape index (κ3) is 4.34. The van der Waals surface area contributed by atoms with E-state index in [1.165, 1.54) is 0 Å². The Labute approximate surface area is 153 Å². The van der Waals surface area contributed by atoms with Crippen molar-refractivity contribution in [2.45, 2.75) is 18.4 Å². The highest BCUT2D eigenvalue weighted by molar-refractivity contribution is 7.89. The lowest BCUT2D eigenvalue weighted by Crippen LogP contribution is -2.26. The summed E-state index contributed by atoms with van der Waals surface area (Å²) < 4.78 is 27.2. The zero-order valence-electron chi connectivity index (χ0n) is 14.4. The van der Waals surface area contributed by atoms with Crippen LogP contribution in [-0.4, -0.2) is 24.0 Å². The van der Waals surface area contributed by atoms with Gasteiger partial charge in [0.25, 0.3) is 10.0 Å².